The Morgan fingerprint density at radius 1 is 0.786 bits per heavy atom. The molecule has 0 aliphatic heterocycles. The van der Waals surface area contributed by atoms with Crippen molar-refractivity contribution in [3.8, 4) is 11.5 Å². The van der Waals surface area contributed by atoms with Crippen LogP contribution >= 0.6 is 0 Å². The highest BCUT2D eigenvalue weighted by Crippen LogP contribution is 2.15. The number of hydrazone groups is 2. The van der Waals surface area contributed by atoms with Gasteiger partial charge in [0.2, 0.25) is 11.8 Å². The summed E-state index contributed by atoms with van der Waals surface area (Å²) in [6.45, 7) is 0. The van der Waals surface area contributed by atoms with E-state index in [2.05, 4.69) is 21.1 Å². The van der Waals surface area contributed by atoms with Crippen LogP contribution in [0.3, 0.4) is 0 Å². The van der Waals surface area contributed by atoms with Gasteiger partial charge in [0.15, 0.2) is 0 Å². The Morgan fingerprint density at radius 2 is 1.18 bits per heavy atom. The van der Waals surface area contributed by atoms with E-state index in [1.54, 1.807) is 26.4 Å². The third-order valence-electron chi connectivity index (χ3n) is 3.64. The van der Waals surface area contributed by atoms with Crippen molar-refractivity contribution in [2.45, 2.75) is 12.8 Å². The predicted octanol–water partition coefficient (Wildman–Crippen LogP) is 2.08. The molecule has 8 heteroatoms. The van der Waals surface area contributed by atoms with Gasteiger partial charge in [0.25, 0.3) is 0 Å². The Morgan fingerprint density at radius 3 is 1.57 bits per heavy atom. The van der Waals surface area contributed by atoms with Gasteiger partial charge in [-0.1, -0.05) is 24.3 Å². The number of amides is 2. The molecule has 2 rings (SSSR count). The van der Waals surface area contributed by atoms with Crippen LogP contribution in [0.4, 0.5) is 0 Å². The molecule has 0 saturated heterocycles. The van der Waals surface area contributed by atoms with E-state index in [9.17, 15) is 9.59 Å². The van der Waals surface area contributed by atoms with Crippen molar-refractivity contribution in [3.63, 3.8) is 0 Å². The smallest absolute Gasteiger partial charge is 0.240 e. The van der Waals surface area contributed by atoms with Crippen LogP contribution in [0.1, 0.15) is 24.0 Å². The molecule has 146 valence electrons. The molecule has 0 heterocycles. The van der Waals surface area contributed by atoms with Gasteiger partial charge in [-0.2, -0.15) is 10.2 Å². The summed E-state index contributed by atoms with van der Waals surface area (Å²) in [7, 11) is 3.11. The number of ether oxygens (including phenoxy) is 2. The topological polar surface area (TPSA) is 101 Å². The molecule has 0 unspecified atom stereocenters. The molecular formula is C20H22N4O4. The van der Waals surface area contributed by atoms with E-state index in [1.807, 2.05) is 36.4 Å². The first-order chi connectivity index (χ1) is 13.6. The van der Waals surface area contributed by atoms with Gasteiger partial charge >= 0.3 is 0 Å². The van der Waals surface area contributed by atoms with Crippen molar-refractivity contribution >= 4 is 24.2 Å². The highest BCUT2D eigenvalue weighted by molar-refractivity contribution is 5.88. The zero-order valence-corrected chi connectivity index (χ0v) is 15.7. The number of methoxy groups -OCH3 is 2. The molecule has 0 atom stereocenters. The highest BCUT2D eigenvalue weighted by Gasteiger charge is 2.06. The summed E-state index contributed by atoms with van der Waals surface area (Å²) in [5.74, 6) is 0.533. The average molecular weight is 382 g/mol. The van der Waals surface area contributed by atoms with Crippen LogP contribution in [0.25, 0.3) is 0 Å². The molecule has 0 aromatic heterocycles. The van der Waals surface area contributed by atoms with Gasteiger partial charge in [0, 0.05) is 24.0 Å². The fourth-order valence-corrected chi connectivity index (χ4v) is 2.23. The molecule has 2 aromatic carbocycles. The zero-order valence-electron chi connectivity index (χ0n) is 15.7. The molecule has 0 fully saturated rings. The third kappa shape index (κ3) is 6.56. The summed E-state index contributed by atoms with van der Waals surface area (Å²) in [6, 6.07) is 14.5. The molecule has 0 bridgehead atoms. The van der Waals surface area contributed by atoms with Crippen LogP contribution in [0.2, 0.25) is 0 Å². The first kappa shape index (κ1) is 20.6. The first-order valence-electron chi connectivity index (χ1n) is 8.54. The molecule has 2 N–H and O–H groups in total. The van der Waals surface area contributed by atoms with E-state index >= 15 is 0 Å². The Hall–Kier alpha value is -3.68. The molecule has 2 aromatic rings. The number of carbonyl (C=O) groups is 2. The molecular weight excluding hydrogens is 360 g/mol. The number of benzene rings is 2. The van der Waals surface area contributed by atoms with E-state index in [0.717, 1.165) is 11.1 Å². The lowest BCUT2D eigenvalue weighted by molar-refractivity contribution is -0.126. The van der Waals surface area contributed by atoms with E-state index < -0.39 is 0 Å². The monoisotopic (exact) mass is 382 g/mol. The Kier molecular flexibility index (Phi) is 8.19. The quantitative estimate of drug-likeness (QED) is 0.512. The number of carbonyl (C=O) groups excluding carboxylic acids is 2. The van der Waals surface area contributed by atoms with Gasteiger partial charge in [-0.15, -0.1) is 0 Å². The van der Waals surface area contributed by atoms with Crippen LogP contribution in [0, 0.1) is 0 Å². The summed E-state index contributed by atoms with van der Waals surface area (Å²) in [5, 5.41) is 7.74. The lowest BCUT2D eigenvalue weighted by Gasteiger charge is -2.04. The second-order valence-corrected chi connectivity index (χ2v) is 5.57. The maximum Gasteiger partial charge on any atom is 0.240 e. The number of hydrogen-bond acceptors (Lipinski definition) is 6. The van der Waals surface area contributed by atoms with Gasteiger partial charge < -0.3 is 9.47 Å². The van der Waals surface area contributed by atoms with Gasteiger partial charge in [0.05, 0.1) is 26.6 Å². The summed E-state index contributed by atoms with van der Waals surface area (Å²) < 4.78 is 10.4. The van der Waals surface area contributed by atoms with Crippen LogP contribution in [0.15, 0.2) is 58.7 Å². The average Bonchev–Trinajstić information content (AvgIpc) is 2.73. The van der Waals surface area contributed by atoms with Gasteiger partial charge in [-0.25, -0.2) is 10.9 Å². The van der Waals surface area contributed by atoms with E-state index in [-0.39, 0.29) is 24.7 Å². The maximum absolute atomic E-state index is 11.8. The highest BCUT2D eigenvalue weighted by atomic mass is 16.5. The SMILES string of the molecule is COc1ccccc1C=NNC(=O)CCC(=O)NN=Cc1ccccc1OC. The minimum absolute atomic E-state index is 0.0146. The molecule has 0 aliphatic rings. The fourth-order valence-electron chi connectivity index (χ4n) is 2.23. The molecule has 0 spiro atoms. The number of nitrogens with one attached hydrogen (secondary N) is 2. The summed E-state index contributed by atoms with van der Waals surface area (Å²) in [6.07, 6.45) is 2.93. The number of para-hydroxylation sites is 2. The Labute approximate surface area is 163 Å². The standard InChI is InChI=1S/C20H22N4O4/c1-27-17-9-5-3-7-15(17)13-21-23-19(25)11-12-20(26)24-22-14-16-8-4-6-10-18(16)28-2/h3-10,13-14H,11-12H2,1-2H3,(H,23,25)(H,24,26). The minimum atomic E-state index is -0.380. The normalized spacial score (nSPS) is 10.8. The van der Waals surface area contributed by atoms with Crippen LogP contribution in [-0.2, 0) is 9.59 Å². The van der Waals surface area contributed by atoms with Crippen LogP contribution in [0.5, 0.6) is 11.5 Å². The van der Waals surface area contributed by atoms with E-state index in [1.165, 1.54) is 12.4 Å². The number of hydrogen-bond donors (Lipinski definition) is 2. The van der Waals surface area contributed by atoms with Gasteiger partial charge in [0.1, 0.15) is 11.5 Å². The van der Waals surface area contributed by atoms with Crippen molar-refractivity contribution in [3.05, 3.63) is 59.7 Å². The second kappa shape index (κ2) is 11.1. The van der Waals surface area contributed by atoms with Crippen LogP contribution in [-0.4, -0.2) is 38.5 Å². The zero-order chi connectivity index (χ0) is 20.2. The van der Waals surface area contributed by atoms with Gasteiger partial charge in [-0.3, -0.25) is 9.59 Å². The number of nitrogens with zero attached hydrogens (tertiary/aromatic N) is 2. The molecule has 0 saturated carbocycles. The van der Waals surface area contributed by atoms with Crippen molar-refractivity contribution < 1.29 is 19.1 Å². The predicted molar refractivity (Wildman–Crippen MR) is 107 cm³/mol. The Balaban J connectivity index is 1.74. The molecule has 2 amide bonds. The van der Waals surface area contributed by atoms with Crippen molar-refractivity contribution in [1.82, 2.24) is 10.9 Å². The largest absolute Gasteiger partial charge is 0.496 e. The lowest BCUT2D eigenvalue weighted by atomic mass is 10.2. The summed E-state index contributed by atoms with van der Waals surface area (Å²) in [4.78, 5) is 23.6. The summed E-state index contributed by atoms with van der Waals surface area (Å²) >= 11 is 0. The number of rotatable bonds is 9. The van der Waals surface area contributed by atoms with Crippen molar-refractivity contribution in [1.29, 1.82) is 0 Å². The third-order valence-corrected chi connectivity index (χ3v) is 3.64. The fraction of sp³-hybridized carbons (Fsp3) is 0.200. The van der Waals surface area contributed by atoms with Crippen molar-refractivity contribution in [2.24, 2.45) is 10.2 Å². The molecule has 0 radical (unpaired) electrons. The molecule has 8 nitrogen and oxygen atoms in total. The van der Waals surface area contributed by atoms with Crippen molar-refractivity contribution in [2.75, 3.05) is 14.2 Å². The molecule has 0 aliphatic carbocycles. The summed E-state index contributed by atoms with van der Waals surface area (Å²) in [5.41, 5.74) is 6.21. The maximum atomic E-state index is 11.8. The van der Waals surface area contributed by atoms with Gasteiger partial charge in [-0.05, 0) is 24.3 Å². The van der Waals surface area contributed by atoms with E-state index in [0.29, 0.717) is 11.5 Å². The second-order valence-electron chi connectivity index (χ2n) is 5.57. The Bertz CT molecular complexity index is 793. The minimum Gasteiger partial charge on any atom is -0.496 e. The lowest BCUT2D eigenvalue weighted by Crippen LogP contribution is -2.22. The van der Waals surface area contributed by atoms with Crippen LogP contribution < -0.4 is 20.3 Å². The first-order valence-corrected chi connectivity index (χ1v) is 8.54. The van der Waals surface area contributed by atoms with E-state index in [4.69, 9.17) is 9.47 Å². The molecule has 28 heavy (non-hydrogen) atoms.